The van der Waals surface area contributed by atoms with Crippen LogP contribution < -0.4 is 5.32 Å². The summed E-state index contributed by atoms with van der Waals surface area (Å²) in [7, 11) is 1.46. The first-order chi connectivity index (χ1) is 11.1. The van der Waals surface area contributed by atoms with Crippen LogP contribution in [0, 0.1) is 0 Å². The van der Waals surface area contributed by atoms with Crippen molar-refractivity contribution in [2.75, 3.05) is 13.7 Å². The maximum Gasteiger partial charge on any atom is 0.217 e. The summed E-state index contributed by atoms with van der Waals surface area (Å²) in [6, 6.07) is 8.78. The van der Waals surface area contributed by atoms with E-state index >= 15 is 0 Å². The van der Waals surface area contributed by atoms with Crippen LogP contribution in [0.25, 0.3) is 0 Å². The fraction of sp³-hybridized carbons (Fsp3) is 0.562. The van der Waals surface area contributed by atoms with Crippen LogP contribution in [0.2, 0.25) is 0 Å². The number of fused-ring (bicyclic) bond motifs is 1. The highest BCUT2D eigenvalue weighted by atomic mass is 16.7. The van der Waals surface area contributed by atoms with Crippen LogP contribution in [0.3, 0.4) is 0 Å². The molecule has 2 N–H and O–H groups in total. The number of carbonyl (C=O) groups excluding carboxylic acids is 1. The van der Waals surface area contributed by atoms with E-state index in [1.54, 1.807) is 0 Å². The molecular formula is C16H21NO6. The van der Waals surface area contributed by atoms with Gasteiger partial charge in [0.25, 0.3) is 0 Å². The molecule has 7 heteroatoms. The molecule has 1 aromatic rings. The Morgan fingerprint density at radius 3 is 2.70 bits per heavy atom. The number of aliphatic hydroxyl groups excluding tert-OH is 1. The van der Waals surface area contributed by atoms with E-state index in [0.29, 0.717) is 0 Å². The minimum absolute atomic E-state index is 0.272. The maximum atomic E-state index is 11.4. The fourth-order valence-corrected chi connectivity index (χ4v) is 2.96. The zero-order valence-corrected chi connectivity index (χ0v) is 13.0. The number of rotatable bonds is 3. The van der Waals surface area contributed by atoms with Gasteiger partial charge < -0.3 is 29.4 Å². The van der Waals surface area contributed by atoms with Gasteiger partial charge in [0.05, 0.1) is 6.61 Å². The Balaban J connectivity index is 1.76. The number of benzene rings is 1. The zero-order chi connectivity index (χ0) is 16.4. The summed E-state index contributed by atoms with van der Waals surface area (Å²) in [5, 5.41) is 13.3. The van der Waals surface area contributed by atoms with Crippen molar-refractivity contribution in [1.29, 1.82) is 0 Å². The summed E-state index contributed by atoms with van der Waals surface area (Å²) in [5.74, 6) is -0.273. The Hall–Kier alpha value is -1.51. The van der Waals surface area contributed by atoms with Crippen LogP contribution in [0.4, 0.5) is 0 Å². The molecule has 2 saturated heterocycles. The number of hydrogen-bond donors (Lipinski definition) is 2. The molecule has 6 atom stereocenters. The highest BCUT2D eigenvalue weighted by Gasteiger charge is 2.49. The zero-order valence-electron chi connectivity index (χ0n) is 13.0. The number of aliphatic hydroxyl groups is 1. The van der Waals surface area contributed by atoms with Gasteiger partial charge in [-0.1, -0.05) is 30.3 Å². The molecule has 2 aliphatic heterocycles. The summed E-state index contributed by atoms with van der Waals surface area (Å²) in [6.45, 7) is 1.65. The summed E-state index contributed by atoms with van der Waals surface area (Å²) in [4.78, 5) is 11.4. The normalized spacial score (nSPS) is 37.0. The van der Waals surface area contributed by atoms with Gasteiger partial charge in [0.2, 0.25) is 5.91 Å². The predicted octanol–water partition coefficient (Wildman–Crippen LogP) is 0.337. The van der Waals surface area contributed by atoms with Crippen molar-refractivity contribution in [3.63, 3.8) is 0 Å². The quantitative estimate of drug-likeness (QED) is 0.834. The van der Waals surface area contributed by atoms with Crippen molar-refractivity contribution in [1.82, 2.24) is 5.32 Å². The highest BCUT2D eigenvalue weighted by Crippen LogP contribution is 2.34. The lowest BCUT2D eigenvalue weighted by atomic mass is 9.95. The second kappa shape index (κ2) is 6.94. The van der Waals surface area contributed by atoms with Crippen molar-refractivity contribution in [3.8, 4) is 0 Å². The van der Waals surface area contributed by atoms with Crippen molar-refractivity contribution in [2.24, 2.45) is 0 Å². The summed E-state index contributed by atoms with van der Waals surface area (Å²) >= 11 is 0. The van der Waals surface area contributed by atoms with E-state index in [2.05, 4.69) is 5.32 Å². The van der Waals surface area contributed by atoms with Gasteiger partial charge in [-0.25, -0.2) is 0 Å². The lowest BCUT2D eigenvalue weighted by Crippen LogP contribution is -2.66. The number of amides is 1. The van der Waals surface area contributed by atoms with Gasteiger partial charge in [-0.05, 0) is 0 Å². The van der Waals surface area contributed by atoms with Crippen LogP contribution in [0.15, 0.2) is 30.3 Å². The van der Waals surface area contributed by atoms with Gasteiger partial charge in [-0.2, -0.15) is 0 Å². The number of carbonyl (C=O) groups is 1. The van der Waals surface area contributed by atoms with Gasteiger partial charge in [0.1, 0.15) is 24.4 Å². The molecule has 2 fully saturated rings. The summed E-state index contributed by atoms with van der Waals surface area (Å²) in [6.07, 6.45) is -3.36. The molecule has 0 spiro atoms. The smallest absolute Gasteiger partial charge is 0.217 e. The van der Waals surface area contributed by atoms with Gasteiger partial charge in [-0.15, -0.1) is 0 Å². The average Bonchev–Trinajstić information content (AvgIpc) is 2.57. The Morgan fingerprint density at radius 2 is 2.04 bits per heavy atom. The predicted molar refractivity (Wildman–Crippen MR) is 79.3 cm³/mol. The van der Waals surface area contributed by atoms with Crippen molar-refractivity contribution in [2.45, 2.75) is 43.9 Å². The van der Waals surface area contributed by atoms with E-state index in [0.717, 1.165) is 5.56 Å². The molecule has 0 radical (unpaired) electrons. The standard InChI is InChI=1S/C16H21NO6/c1-9(18)17-12-13(19)14-11(22-16(12)20-2)8-21-15(23-14)10-6-4-3-5-7-10/h3-7,11-16,19H,8H2,1-2H3,(H,17,18)/t11-,12+,13+,14+,15+,16+/m1/s1. The van der Waals surface area contributed by atoms with Crippen molar-refractivity contribution in [3.05, 3.63) is 35.9 Å². The lowest BCUT2D eigenvalue weighted by Gasteiger charge is -2.47. The molecular weight excluding hydrogens is 302 g/mol. The first kappa shape index (κ1) is 16.4. The van der Waals surface area contributed by atoms with E-state index in [9.17, 15) is 9.90 Å². The molecule has 1 amide bonds. The summed E-state index contributed by atoms with van der Waals surface area (Å²) in [5.41, 5.74) is 0.864. The van der Waals surface area contributed by atoms with Crippen molar-refractivity contribution >= 4 is 5.91 Å². The van der Waals surface area contributed by atoms with E-state index in [4.69, 9.17) is 18.9 Å². The van der Waals surface area contributed by atoms with E-state index in [1.165, 1.54) is 14.0 Å². The first-order valence-electron chi connectivity index (χ1n) is 7.55. The molecule has 7 nitrogen and oxygen atoms in total. The van der Waals surface area contributed by atoms with Crippen LogP contribution in [-0.2, 0) is 23.7 Å². The SMILES string of the molecule is CO[C@H]1O[C@@H]2CO[C@H](c3ccccc3)O[C@@H]2[C@@H](O)[C@@H]1NC(C)=O. The van der Waals surface area contributed by atoms with Crippen LogP contribution in [0.5, 0.6) is 0 Å². The monoisotopic (exact) mass is 323 g/mol. The number of ether oxygens (including phenoxy) is 4. The van der Waals surface area contributed by atoms with E-state index < -0.39 is 36.9 Å². The Bertz CT molecular complexity index is 539. The maximum absolute atomic E-state index is 11.4. The third kappa shape index (κ3) is 3.39. The molecule has 3 rings (SSSR count). The summed E-state index contributed by atoms with van der Waals surface area (Å²) < 4.78 is 22.6. The second-order valence-electron chi connectivity index (χ2n) is 5.67. The van der Waals surface area contributed by atoms with Gasteiger partial charge in [0, 0.05) is 19.6 Å². The molecule has 0 aliphatic carbocycles. The number of nitrogens with one attached hydrogen (secondary N) is 1. The molecule has 23 heavy (non-hydrogen) atoms. The fourth-order valence-electron chi connectivity index (χ4n) is 2.96. The number of hydrogen-bond acceptors (Lipinski definition) is 6. The largest absolute Gasteiger partial charge is 0.388 e. The Kier molecular flexibility index (Phi) is 4.93. The lowest BCUT2D eigenvalue weighted by molar-refractivity contribution is -0.341. The molecule has 0 saturated carbocycles. The number of methoxy groups -OCH3 is 1. The molecule has 2 aliphatic rings. The van der Waals surface area contributed by atoms with Gasteiger partial charge >= 0.3 is 0 Å². The average molecular weight is 323 g/mol. The minimum Gasteiger partial charge on any atom is -0.388 e. The Morgan fingerprint density at radius 1 is 1.30 bits per heavy atom. The van der Waals surface area contributed by atoms with Crippen LogP contribution in [-0.4, -0.2) is 55.4 Å². The van der Waals surface area contributed by atoms with Crippen LogP contribution >= 0.6 is 0 Å². The molecule has 0 bridgehead atoms. The van der Waals surface area contributed by atoms with Crippen LogP contribution in [0.1, 0.15) is 18.8 Å². The van der Waals surface area contributed by atoms with Gasteiger partial charge in [-0.3, -0.25) is 4.79 Å². The topological polar surface area (TPSA) is 86.2 Å². The van der Waals surface area contributed by atoms with E-state index in [1.807, 2.05) is 30.3 Å². The third-order valence-corrected chi connectivity index (χ3v) is 4.04. The van der Waals surface area contributed by atoms with Crippen molar-refractivity contribution < 1.29 is 28.8 Å². The molecule has 0 unspecified atom stereocenters. The first-order valence-corrected chi connectivity index (χ1v) is 7.55. The minimum atomic E-state index is -0.960. The molecule has 2 heterocycles. The van der Waals surface area contributed by atoms with Gasteiger partial charge in [0.15, 0.2) is 12.6 Å². The Labute approximate surface area is 134 Å². The molecule has 0 aromatic heterocycles. The second-order valence-corrected chi connectivity index (χ2v) is 5.67. The van der Waals surface area contributed by atoms with E-state index in [-0.39, 0.29) is 12.5 Å². The third-order valence-electron chi connectivity index (χ3n) is 4.04. The molecule has 1 aromatic carbocycles. The highest BCUT2D eigenvalue weighted by molar-refractivity contribution is 5.73. The molecule has 126 valence electrons.